The summed E-state index contributed by atoms with van der Waals surface area (Å²) in [5.41, 5.74) is 3.17. The molecule has 0 atom stereocenters. The van der Waals surface area contributed by atoms with Gasteiger partial charge < -0.3 is 0 Å². The standard InChI is InChI=1S/C20H18N2O2/c1-13-6-4-7-15(12-13)9-10-17(23)18-14(2)16-8-5-11-21-19(16)22(3)20(18)24/h4-12H,1-3H3/b10-9+. The summed E-state index contributed by atoms with van der Waals surface area (Å²) < 4.78 is 1.43. The maximum atomic E-state index is 12.6. The van der Waals surface area contributed by atoms with E-state index in [0.29, 0.717) is 11.2 Å². The lowest BCUT2D eigenvalue weighted by molar-refractivity contribution is 0.104. The molecule has 0 spiro atoms. The summed E-state index contributed by atoms with van der Waals surface area (Å²) >= 11 is 0. The van der Waals surface area contributed by atoms with Crippen LogP contribution >= 0.6 is 0 Å². The molecule has 1 aromatic carbocycles. The molecule has 0 unspecified atom stereocenters. The summed E-state index contributed by atoms with van der Waals surface area (Å²) in [7, 11) is 1.64. The second-order valence-electron chi connectivity index (χ2n) is 5.85. The Bertz CT molecular complexity index is 1030. The van der Waals surface area contributed by atoms with Crippen LogP contribution in [0.4, 0.5) is 0 Å². The molecule has 0 aliphatic carbocycles. The van der Waals surface area contributed by atoms with Crippen molar-refractivity contribution in [3.8, 4) is 0 Å². The number of fused-ring (bicyclic) bond motifs is 1. The minimum absolute atomic E-state index is 0.196. The van der Waals surface area contributed by atoms with E-state index >= 15 is 0 Å². The van der Waals surface area contributed by atoms with E-state index in [2.05, 4.69) is 4.98 Å². The van der Waals surface area contributed by atoms with Crippen LogP contribution in [0.15, 0.2) is 53.5 Å². The van der Waals surface area contributed by atoms with Gasteiger partial charge in [-0.1, -0.05) is 35.9 Å². The van der Waals surface area contributed by atoms with Crippen LogP contribution in [-0.2, 0) is 7.05 Å². The number of benzene rings is 1. The Kier molecular flexibility index (Phi) is 4.13. The molecule has 0 N–H and O–H groups in total. The van der Waals surface area contributed by atoms with E-state index in [1.807, 2.05) is 37.3 Å². The van der Waals surface area contributed by atoms with Crippen LogP contribution in [0.5, 0.6) is 0 Å². The number of rotatable bonds is 3. The highest BCUT2D eigenvalue weighted by molar-refractivity contribution is 6.09. The number of hydrogen-bond donors (Lipinski definition) is 0. The van der Waals surface area contributed by atoms with E-state index in [4.69, 9.17) is 0 Å². The van der Waals surface area contributed by atoms with Crippen LogP contribution in [0.2, 0.25) is 0 Å². The van der Waals surface area contributed by atoms with Crippen molar-refractivity contribution in [3.63, 3.8) is 0 Å². The number of pyridine rings is 2. The average molecular weight is 318 g/mol. The summed E-state index contributed by atoms with van der Waals surface area (Å²) in [6.45, 7) is 3.79. The quantitative estimate of drug-likeness (QED) is 0.549. The molecule has 0 fully saturated rings. The molecule has 0 aliphatic rings. The molecule has 2 heterocycles. The molecular weight excluding hydrogens is 300 g/mol. The maximum Gasteiger partial charge on any atom is 0.263 e. The van der Waals surface area contributed by atoms with Crippen LogP contribution in [-0.4, -0.2) is 15.3 Å². The van der Waals surface area contributed by atoms with E-state index in [1.165, 1.54) is 10.6 Å². The van der Waals surface area contributed by atoms with Gasteiger partial charge in [-0.2, -0.15) is 0 Å². The Balaban J connectivity index is 2.09. The van der Waals surface area contributed by atoms with E-state index in [0.717, 1.165) is 16.5 Å². The molecule has 4 heteroatoms. The SMILES string of the molecule is Cc1cccc(/C=C/C(=O)c2c(C)c3cccnc3n(C)c2=O)c1. The topological polar surface area (TPSA) is 52.0 Å². The van der Waals surface area contributed by atoms with E-state index < -0.39 is 0 Å². The molecule has 120 valence electrons. The van der Waals surface area contributed by atoms with Crippen molar-refractivity contribution in [1.82, 2.24) is 9.55 Å². The number of aryl methyl sites for hydroxylation is 3. The van der Waals surface area contributed by atoms with Crippen molar-refractivity contribution in [2.75, 3.05) is 0 Å². The number of hydrogen-bond acceptors (Lipinski definition) is 3. The molecule has 0 aliphatic heterocycles. The van der Waals surface area contributed by atoms with E-state index in [1.54, 1.807) is 32.3 Å². The Morgan fingerprint density at radius 1 is 1.17 bits per heavy atom. The van der Waals surface area contributed by atoms with Crippen molar-refractivity contribution in [2.24, 2.45) is 7.05 Å². The highest BCUT2D eigenvalue weighted by atomic mass is 16.1. The molecule has 3 rings (SSSR count). The number of allylic oxidation sites excluding steroid dienone is 1. The fourth-order valence-corrected chi connectivity index (χ4v) is 2.84. The number of aromatic nitrogens is 2. The van der Waals surface area contributed by atoms with Gasteiger partial charge >= 0.3 is 0 Å². The summed E-state index contributed by atoms with van der Waals surface area (Å²) in [6.07, 6.45) is 4.84. The van der Waals surface area contributed by atoms with E-state index in [9.17, 15) is 9.59 Å². The predicted molar refractivity (Wildman–Crippen MR) is 96.3 cm³/mol. The van der Waals surface area contributed by atoms with E-state index in [-0.39, 0.29) is 16.9 Å². The van der Waals surface area contributed by atoms with Gasteiger partial charge in [0.25, 0.3) is 5.56 Å². The van der Waals surface area contributed by atoms with Crippen molar-refractivity contribution in [3.05, 3.63) is 81.3 Å². The zero-order valence-corrected chi connectivity index (χ0v) is 13.9. The van der Waals surface area contributed by atoms with Gasteiger partial charge in [-0.15, -0.1) is 0 Å². The Morgan fingerprint density at radius 3 is 2.71 bits per heavy atom. The summed E-state index contributed by atoms with van der Waals surface area (Å²) in [4.78, 5) is 29.4. The second-order valence-corrected chi connectivity index (χ2v) is 5.85. The number of carbonyl (C=O) groups excluding carboxylic acids is 1. The molecule has 24 heavy (non-hydrogen) atoms. The fourth-order valence-electron chi connectivity index (χ4n) is 2.84. The number of ketones is 1. The monoisotopic (exact) mass is 318 g/mol. The molecule has 0 amide bonds. The largest absolute Gasteiger partial charge is 0.295 e. The molecule has 0 saturated carbocycles. The van der Waals surface area contributed by atoms with Gasteiger partial charge in [-0.05, 0) is 43.2 Å². The summed E-state index contributed by atoms with van der Waals surface area (Å²) in [5.74, 6) is -0.291. The first-order valence-electron chi connectivity index (χ1n) is 7.72. The third-order valence-electron chi connectivity index (χ3n) is 4.12. The Labute approximate surface area is 140 Å². The highest BCUT2D eigenvalue weighted by Gasteiger charge is 2.17. The molecule has 4 nitrogen and oxygen atoms in total. The molecule has 3 aromatic rings. The normalized spacial score (nSPS) is 11.3. The third kappa shape index (κ3) is 2.78. The zero-order valence-electron chi connectivity index (χ0n) is 13.9. The van der Waals surface area contributed by atoms with Crippen LogP contribution in [0.3, 0.4) is 0 Å². The first-order valence-corrected chi connectivity index (χ1v) is 7.72. The number of nitrogens with zero attached hydrogens (tertiary/aromatic N) is 2. The summed E-state index contributed by atoms with van der Waals surface area (Å²) in [5, 5.41) is 0.812. The summed E-state index contributed by atoms with van der Waals surface area (Å²) in [6, 6.07) is 11.5. The number of carbonyl (C=O) groups is 1. The molecule has 0 radical (unpaired) electrons. The lowest BCUT2D eigenvalue weighted by Gasteiger charge is -2.10. The molecule has 2 aromatic heterocycles. The van der Waals surface area contributed by atoms with Gasteiger partial charge in [0.1, 0.15) is 5.65 Å². The predicted octanol–water partition coefficient (Wildman–Crippen LogP) is 3.45. The minimum atomic E-state index is -0.322. The van der Waals surface area contributed by atoms with Gasteiger partial charge in [0, 0.05) is 18.6 Å². The van der Waals surface area contributed by atoms with Gasteiger partial charge in [-0.3, -0.25) is 14.2 Å². The first kappa shape index (κ1) is 15.9. The second kappa shape index (κ2) is 6.24. The maximum absolute atomic E-state index is 12.6. The minimum Gasteiger partial charge on any atom is -0.295 e. The van der Waals surface area contributed by atoms with Crippen LogP contribution in [0.25, 0.3) is 17.1 Å². The molecule has 0 bridgehead atoms. The van der Waals surface area contributed by atoms with Crippen LogP contribution in [0.1, 0.15) is 27.0 Å². The average Bonchev–Trinajstić information content (AvgIpc) is 2.58. The Hall–Kier alpha value is -3.01. The van der Waals surface area contributed by atoms with Crippen LogP contribution in [0, 0.1) is 13.8 Å². The molecular formula is C20H18N2O2. The van der Waals surface area contributed by atoms with Crippen molar-refractivity contribution in [2.45, 2.75) is 13.8 Å². The van der Waals surface area contributed by atoms with Gasteiger partial charge in [0.15, 0.2) is 5.78 Å². The van der Waals surface area contributed by atoms with Crippen LogP contribution < -0.4 is 5.56 Å². The molecule has 0 saturated heterocycles. The lowest BCUT2D eigenvalue weighted by Crippen LogP contribution is -2.26. The van der Waals surface area contributed by atoms with Gasteiger partial charge in [-0.25, -0.2) is 4.98 Å². The van der Waals surface area contributed by atoms with Gasteiger partial charge in [0.05, 0.1) is 5.56 Å². The van der Waals surface area contributed by atoms with Crippen molar-refractivity contribution in [1.29, 1.82) is 0 Å². The highest BCUT2D eigenvalue weighted by Crippen LogP contribution is 2.17. The van der Waals surface area contributed by atoms with Crippen molar-refractivity contribution >= 4 is 22.9 Å². The lowest BCUT2D eigenvalue weighted by atomic mass is 10.0. The third-order valence-corrected chi connectivity index (χ3v) is 4.12. The van der Waals surface area contributed by atoms with Crippen molar-refractivity contribution < 1.29 is 4.79 Å². The smallest absolute Gasteiger partial charge is 0.263 e. The fraction of sp³-hybridized carbons (Fsp3) is 0.150. The Morgan fingerprint density at radius 2 is 1.96 bits per heavy atom. The van der Waals surface area contributed by atoms with Gasteiger partial charge in [0.2, 0.25) is 0 Å². The zero-order chi connectivity index (χ0) is 17.3. The first-order chi connectivity index (χ1) is 11.5.